The van der Waals surface area contributed by atoms with Crippen LogP contribution in [0.4, 0.5) is 0 Å². The van der Waals surface area contributed by atoms with Crippen molar-refractivity contribution in [3.05, 3.63) is 0 Å². The summed E-state index contributed by atoms with van der Waals surface area (Å²) in [7, 11) is 0. The summed E-state index contributed by atoms with van der Waals surface area (Å²) >= 11 is 0. The predicted molar refractivity (Wildman–Crippen MR) is 69.4 cm³/mol. The van der Waals surface area contributed by atoms with Crippen LogP contribution in [-0.2, 0) is 4.79 Å². The Morgan fingerprint density at radius 2 is 1.82 bits per heavy atom. The van der Waals surface area contributed by atoms with Crippen molar-refractivity contribution < 1.29 is 4.79 Å². The average molecular weight is 238 g/mol. The highest BCUT2D eigenvalue weighted by molar-refractivity contribution is 5.78. The second-order valence-electron chi connectivity index (χ2n) is 6.13. The lowest BCUT2D eigenvalue weighted by molar-refractivity contribution is -0.126. The first-order valence-corrected chi connectivity index (χ1v) is 7.15. The van der Waals surface area contributed by atoms with E-state index in [0.717, 1.165) is 6.42 Å². The van der Waals surface area contributed by atoms with Gasteiger partial charge in [0.2, 0.25) is 5.91 Å². The number of primary amides is 1. The summed E-state index contributed by atoms with van der Waals surface area (Å²) in [4.78, 5) is 11.7. The van der Waals surface area contributed by atoms with Gasteiger partial charge in [-0.15, -0.1) is 0 Å². The molecule has 3 N–H and O–H groups in total. The molecule has 2 fully saturated rings. The molecule has 0 radical (unpaired) electrons. The fraction of sp³-hybridized carbons (Fsp3) is 0.929. The van der Waals surface area contributed by atoms with Crippen molar-refractivity contribution in [2.24, 2.45) is 23.5 Å². The standard InChI is InChI=1S/C14H26N2O/c1-9-8-10(2)16-13(12(9)14(15)17)11-6-4-3-5-7-11/h9-13,16H,3-8H2,1-2H3,(H2,15,17). The molecule has 1 saturated carbocycles. The van der Waals surface area contributed by atoms with Crippen LogP contribution in [0.1, 0.15) is 52.4 Å². The third kappa shape index (κ3) is 2.82. The Balaban J connectivity index is 2.11. The Morgan fingerprint density at radius 1 is 1.18 bits per heavy atom. The van der Waals surface area contributed by atoms with E-state index < -0.39 is 0 Å². The number of hydrogen-bond donors (Lipinski definition) is 2. The zero-order valence-corrected chi connectivity index (χ0v) is 11.1. The van der Waals surface area contributed by atoms with Crippen molar-refractivity contribution in [3.63, 3.8) is 0 Å². The highest BCUT2D eigenvalue weighted by Gasteiger charge is 2.41. The smallest absolute Gasteiger partial charge is 0.222 e. The minimum atomic E-state index is -0.104. The van der Waals surface area contributed by atoms with Gasteiger partial charge in [0.25, 0.3) is 0 Å². The molecule has 3 nitrogen and oxygen atoms in total. The van der Waals surface area contributed by atoms with Crippen LogP contribution in [-0.4, -0.2) is 18.0 Å². The van der Waals surface area contributed by atoms with Gasteiger partial charge in [-0.2, -0.15) is 0 Å². The topological polar surface area (TPSA) is 55.1 Å². The van der Waals surface area contributed by atoms with Crippen molar-refractivity contribution in [1.29, 1.82) is 0 Å². The number of piperidine rings is 1. The van der Waals surface area contributed by atoms with Crippen LogP contribution in [0.2, 0.25) is 0 Å². The van der Waals surface area contributed by atoms with Crippen molar-refractivity contribution in [3.8, 4) is 0 Å². The normalized spacial score (nSPS) is 40.1. The third-order valence-electron chi connectivity index (χ3n) is 4.69. The summed E-state index contributed by atoms with van der Waals surface area (Å²) < 4.78 is 0. The molecule has 17 heavy (non-hydrogen) atoms. The largest absolute Gasteiger partial charge is 0.369 e. The van der Waals surface area contributed by atoms with Gasteiger partial charge in [-0.05, 0) is 38.0 Å². The molecule has 0 aromatic carbocycles. The Hall–Kier alpha value is -0.570. The van der Waals surface area contributed by atoms with E-state index in [-0.39, 0.29) is 11.8 Å². The maximum absolute atomic E-state index is 11.7. The number of nitrogens with two attached hydrogens (primary N) is 1. The van der Waals surface area contributed by atoms with E-state index >= 15 is 0 Å². The van der Waals surface area contributed by atoms with Gasteiger partial charge in [-0.1, -0.05) is 26.2 Å². The van der Waals surface area contributed by atoms with Gasteiger partial charge in [0.15, 0.2) is 0 Å². The molecule has 0 aromatic heterocycles. The van der Waals surface area contributed by atoms with Crippen LogP contribution in [0.25, 0.3) is 0 Å². The van der Waals surface area contributed by atoms with Crippen molar-refractivity contribution in [1.82, 2.24) is 5.32 Å². The first-order chi connectivity index (χ1) is 8.09. The van der Waals surface area contributed by atoms with E-state index in [1.54, 1.807) is 0 Å². The van der Waals surface area contributed by atoms with Crippen LogP contribution >= 0.6 is 0 Å². The molecule has 1 amide bonds. The summed E-state index contributed by atoms with van der Waals surface area (Å²) in [5, 5.41) is 3.65. The highest BCUT2D eigenvalue weighted by atomic mass is 16.1. The number of carbonyl (C=O) groups excluding carboxylic acids is 1. The molecule has 4 atom stereocenters. The van der Waals surface area contributed by atoms with E-state index in [1.807, 2.05) is 0 Å². The van der Waals surface area contributed by atoms with Gasteiger partial charge in [-0.3, -0.25) is 4.79 Å². The maximum atomic E-state index is 11.7. The Labute approximate surface area is 105 Å². The van der Waals surface area contributed by atoms with Gasteiger partial charge < -0.3 is 11.1 Å². The van der Waals surface area contributed by atoms with Gasteiger partial charge in [0.05, 0.1) is 5.92 Å². The van der Waals surface area contributed by atoms with Crippen LogP contribution in [0.3, 0.4) is 0 Å². The molecule has 0 bridgehead atoms. The molecule has 0 aromatic rings. The zero-order chi connectivity index (χ0) is 12.4. The van der Waals surface area contributed by atoms with Gasteiger partial charge >= 0.3 is 0 Å². The SMILES string of the molecule is CC1CC(C)C(C(N)=O)C(C2CCCCC2)N1. The van der Waals surface area contributed by atoms with Crippen LogP contribution in [0.15, 0.2) is 0 Å². The third-order valence-corrected chi connectivity index (χ3v) is 4.69. The molecule has 1 aliphatic heterocycles. The number of hydrogen-bond acceptors (Lipinski definition) is 2. The molecular weight excluding hydrogens is 212 g/mol. The van der Waals surface area contributed by atoms with Crippen LogP contribution in [0.5, 0.6) is 0 Å². The summed E-state index contributed by atoms with van der Waals surface area (Å²) in [6, 6.07) is 0.846. The molecule has 98 valence electrons. The van der Waals surface area contributed by atoms with Crippen molar-refractivity contribution >= 4 is 5.91 Å². The molecule has 0 spiro atoms. The average Bonchev–Trinajstić information content (AvgIpc) is 2.28. The number of rotatable bonds is 2. The van der Waals surface area contributed by atoms with E-state index in [9.17, 15) is 4.79 Å². The molecule has 1 aliphatic carbocycles. The molecular formula is C14H26N2O. The van der Waals surface area contributed by atoms with E-state index in [2.05, 4.69) is 19.2 Å². The maximum Gasteiger partial charge on any atom is 0.222 e. The van der Waals surface area contributed by atoms with E-state index in [1.165, 1.54) is 32.1 Å². The minimum Gasteiger partial charge on any atom is -0.369 e. The van der Waals surface area contributed by atoms with Crippen molar-refractivity contribution in [2.45, 2.75) is 64.5 Å². The Morgan fingerprint density at radius 3 is 2.41 bits per heavy atom. The van der Waals surface area contributed by atoms with Crippen LogP contribution in [0, 0.1) is 17.8 Å². The Bertz CT molecular complexity index is 273. The second kappa shape index (κ2) is 5.38. The highest BCUT2D eigenvalue weighted by Crippen LogP contribution is 2.36. The van der Waals surface area contributed by atoms with Gasteiger partial charge in [0.1, 0.15) is 0 Å². The lowest BCUT2D eigenvalue weighted by Crippen LogP contribution is -2.57. The molecule has 4 unspecified atom stereocenters. The summed E-state index contributed by atoms with van der Waals surface area (Å²) in [6.07, 6.45) is 7.59. The first kappa shape index (κ1) is 12.9. The van der Waals surface area contributed by atoms with Crippen molar-refractivity contribution in [2.75, 3.05) is 0 Å². The van der Waals surface area contributed by atoms with Crippen LogP contribution < -0.4 is 11.1 Å². The fourth-order valence-electron chi connectivity index (χ4n) is 3.94. The van der Waals surface area contributed by atoms with Gasteiger partial charge in [0, 0.05) is 12.1 Å². The zero-order valence-electron chi connectivity index (χ0n) is 11.1. The monoisotopic (exact) mass is 238 g/mol. The number of carbonyl (C=O) groups is 1. The summed E-state index contributed by atoms with van der Waals surface area (Å²) in [5.74, 6) is 1.02. The number of nitrogens with one attached hydrogen (secondary N) is 1. The lowest BCUT2D eigenvalue weighted by atomic mass is 9.70. The summed E-state index contributed by atoms with van der Waals surface area (Å²) in [5.41, 5.74) is 5.62. The molecule has 1 heterocycles. The lowest BCUT2D eigenvalue weighted by Gasteiger charge is -2.44. The van der Waals surface area contributed by atoms with E-state index in [0.29, 0.717) is 23.9 Å². The first-order valence-electron chi connectivity index (χ1n) is 7.15. The summed E-state index contributed by atoms with van der Waals surface area (Å²) in [6.45, 7) is 4.41. The minimum absolute atomic E-state index is 0.0364. The quantitative estimate of drug-likeness (QED) is 0.773. The second-order valence-corrected chi connectivity index (χ2v) is 6.13. The van der Waals surface area contributed by atoms with E-state index in [4.69, 9.17) is 5.73 Å². The fourth-order valence-corrected chi connectivity index (χ4v) is 3.94. The molecule has 2 aliphatic rings. The predicted octanol–water partition coefficient (Wildman–Crippen LogP) is 2.05. The molecule has 3 heteroatoms. The Kier molecular flexibility index (Phi) is 4.08. The molecule has 1 saturated heterocycles. The number of amides is 1. The molecule has 2 rings (SSSR count). The van der Waals surface area contributed by atoms with Gasteiger partial charge in [-0.25, -0.2) is 0 Å².